The van der Waals surface area contributed by atoms with Crippen molar-refractivity contribution >= 4 is 27.5 Å². The molecule has 0 fully saturated rings. The molecule has 0 unspecified atom stereocenters. The number of aromatic hydroxyl groups is 1. The maximum Gasteiger partial charge on any atom is 0.351 e. The number of benzene rings is 3. The molecule has 12 heteroatoms. The Morgan fingerprint density at radius 2 is 1.28 bits per heavy atom. The van der Waals surface area contributed by atoms with Gasteiger partial charge in [0.2, 0.25) is 11.6 Å². The van der Waals surface area contributed by atoms with Crippen LogP contribution in [0, 0.1) is 78.5 Å². The van der Waals surface area contributed by atoms with Gasteiger partial charge in [-0.15, -0.1) is 0 Å². The van der Waals surface area contributed by atoms with Gasteiger partial charge in [-0.2, -0.15) is 0 Å². The Balaban J connectivity index is 0.00000171. The van der Waals surface area contributed by atoms with E-state index in [1.807, 2.05) is 0 Å². The molecule has 0 saturated heterocycles. The number of fused-ring (bicyclic) bond motifs is 3. The molecule has 6 nitrogen and oxygen atoms in total. The molecule has 0 amide bonds. The number of hydrogen-bond acceptors (Lipinski definition) is 4. The van der Waals surface area contributed by atoms with Crippen molar-refractivity contribution in [2.45, 2.75) is 0 Å². The summed E-state index contributed by atoms with van der Waals surface area (Å²) in [6.07, 6.45) is 0. The summed E-state index contributed by atoms with van der Waals surface area (Å²) in [5, 5.41) is 11.3. The molecule has 0 aliphatic rings. The fourth-order valence-corrected chi connectivity index (χ4v) is 3.04. The van der Waals surface area contributed by atoms with Gasteiger partial charge in [-0.25, -0.2) is 26.7 Å². The van der Waals surface area contributed by atoms with E-state index in [1.54, 1.807) is 24.3 Å². The Hall–Kier alpha value is -2.25. The predicted molar refractivity (Wildman–Crippen MR) is 98.5 cm³/mol. The standard InChI is InChI=1S/C20H7F5O4.Eu.2H2O/c21-12-10(13(22)15(24)16(25)14(12)23)18(27)11-17(26)9-6-5-7-3-1-2-4-8(7)19(9)29-20(11)28;;;/h1-6,26H;;2*1H2. The predicted octanol–water partition coefficient (Wildman–Crippen LogP) is 2.93. The van der Waals surface area contributed by atoms with Gasteiger partial charge in [0.05, 0.1) is 5.39 Å². The van der Waals surface area contributed by atoms with Crippen LogP contribution >= 0.6 is 0 Å². The zero-order chi connectivity index (χ0) is 21.0. The first-order valence-corrected chi connectivity index (χ1v) is 7.97. The number of rotatable bonds is 2. The van der Waals surface area contributed by atoms with Crippen molar-refractivity contribution in [3.05, 3.63) is 87.0 Å². The van der Waals surface area contributed by atoms with Crippen LogP contribution in [0.25, 0.3) is 21.7 Å². The van der Waals surface area contributed by atoms with Crippen molar-refractivity contribution in [2.24, 2.45) is 0 Å². The van der Waals surface area contributed by atoms with Gasteiger partial charge in [0.1, 0.15) is 16.9 Å². The summed E-state index contributed by atoms with van der Waals surface area (Å²) in [4.78, 5) is 24.8. The van der Waals surface area contributed by atoms with E-state index < -0.39 is 57.4 Å². The van der Waals surface area contributed by atoms with Gasteiger partial charge in [-0.3, -0.25) is 4.79 Å². The van der Waals surface area contributed by atoms with Crippen molar-refractivity contribution < 1.29 is 96.6 Å². The summed E-state index contributed by atoms with van der Waals surface area (Å²) in [5.74, 6) is -14.9. The molecule has 4 aromatic rings. The zero-order valence-electron chi connectivity index (χ0n) is 15.4. The first kappa shape index (κ1) is 27.8. The van der Waals surface area contributed by atoms with E-state index in [0.717, 1.165) is 0 Å². The Morgan fingerprint density at radius 1 is 0.750 bits per heavy atom. The van der Waals surface area contributed by atoms with E-state index in [2.05, 4.69) is 0 Å². The molecule has 3 aromatic carbocycles. The summed E-state index contributed by atoms with van der Waals surface area (Å²) >= 11 is 0. The number of carbonyl (C=O) groups excluding carboxylic acids is 1. The SMILES string of the molecule is O.O.O=C(c1c(F)c(F)c(F)c(F)c1F)c1c(O)c2ccc3ccccc3c2oc1=O.[Eu]. The van der Waals surface area contributed by atoms with Gasteiger partial charge in [0.15, 0.2) is 28.8 Å². The third-order valence-electron chi connectivity index (χ3n) is 4.43. The first-order valence-electron chi connectivity index (χ1n) is 7.97. The first-order chi connectivity index (χ1) is 13.7. The number of hydrogen-bond donors (Lipinski definition) is 1. The molecule has 1 radical (unpaired) electrons. The molecule has 0 aliphatic carbocycles. The van der Waals surface area contributed by atoms with E-state index in [9.17, 15) is 36.6 Å². The molecule has 0 bridgehead atoms. The van der Waals surface area contributed by atoms with Gasteiger partial charge in [0.25, 0.3) is 0 Å². The van der Waals surface area contributed by atoms with Crippen LogP contribution in [0.1, 0.15) is 15.9 Å². The Bertz CT molecular complexity index is 1390. The van der Waals surface area contributed by atoms with Crippen LogP contribution in [-0.2, 0) is 0 Å². The molecule has 0 aliphatic heterocycles. The molecule has 32 heavy (non-hydrogen) atoms. The van der Waals surface area contributed by atoms with Crippen LogP contribution in [0.2, 0.25) is 0 Å². The third kappa shape index (κ3) is 4.08. The van der Waals surface area contributed by atoms with Crippen molar-refractivity contribution in [3.8, 4) is 5.75 Å². The molecule has 0 saturated carbocycles. The van der Waals surface area contributed by atoms with Crippen LogP contribution in [0.15, 0.2) is 45.6 Å². The van der Waals surface area contributed by atoms with Crippen LogP contribution in [-0.4, -0.2) is 21.8 Å². The summed E-state index contributed by atoms with van der Waals surface area (Å²) in [7, 11) is 0. The second-order valence-corrected chi connectivity index (χ2v) is 6.05. The maximum absolute atomic E-state index is 14.0. The van der Waals surface area contributed by atoms with Gasteiger partial charge < -0.3 is 20.5 Å². The van der Waals surface area contributed by atoms with Gasteiger partial charge in [-0.05, 0) is 11.5 Å². The van der Waals surface area contributed by atoms with Crippen molar-refractivity contribution in [1.82, 2.24) is 0 Å². The maximum atomic E-state index is 14.0. The van der Waals surface area contributed by atoms with Crippen LogP contribution < -0.4 is 5.63 Å². The minimum absolute atomic E-state index is 0. The fraction of sp³-hybridized carbons (Fsp3) is 0. The summed E-state index contributed by atoms with van der Waals surface area (Å²) in [5.41, 5.74) is -4.74. The molecule has 0 atom stereocenters. The monoisotopic (exact) mass is 595 g/mol. The average Bonchev–Trinajstić information content (AvgIpc) is 2.71. The second kappa shape index (κ2) is 10.1. The van der Waals surface area contributed by atoms with Gasteiger partial charge >= 0.3 is 5.63 Å². The molecular formula is C20H11EuF5O6. The quantitative estimate of drug-likeness (QED) is 0.0956. The van der Waals surface area contributed by atoms with Crippen LogP contribution in [0.4, 0.5) is 22.0 Å². The van der Waals surface area contributed by atoms with Crippen molar-refractivity contribution in [2.75, 3.05) is 0 Å². The molecule has 4 rings (SSSR count). The van der Waals surface area contributed by atoms with Crippen LogP contribution in [0.3, 0.4) is 0 Å². The van der Waals surface area contributed by atoms with Crippen molar-refractivity contribution in [3.63, 3.8) is 0 Å². The Kier molecular flexibility index (Phi) is 8.80. The van der Waals surface area contributed by atoms with E-state index >= 15 is 0 Å². The average molecular weight is 594 g/mol. The Morgan fingerprint density at radius 3 is 1.88 bits per heavy atom. The van der Waals surface area contributed by atoms with E-state index in [0.29, 0.717) is 10.8 Å². The number of carbonyl (C=O) groups is 1. The second-order valence-electron chi connectivity index (χ2n) is 6.05. The minimum atomic E-state index is -2.46. The number of ketones is 1. The molecule has 1 aromatic heterocycles. The van der Waals surface area contributed by atoms with E-state index in [1.165, 1.54) is 12.1 Å². The topological polar surface area (TPSA) is 131 Å². The zero-order valence-corrected chi connectivity index (χ0v) is 17.8. The third-order valence-corrected chi connectivity index (χ3v) is 4.43. The summed E-state index contributed by atoms with van der Waals surface area (Å²) in [6, 6.07) is 9.36. The van der Waals surface area contributed by atoms with Crippen molar-refractivity contribution in [1.29, 1.82) is 0 Å². The molecule has 0 spiro atoms. The fourth-order valence-electron chi connectivity index (χ4n) is 3.04. The largest absolute Gasteiger partial charge is 0.506 e. The smallest absolute Gasteiger partial charge is 0.351 e. The van der Waals surface area contributed by atoms with E-state index in [4.69, 9.17) is 4.42 Å². The van der Waals surface area contributed by atoms with Gasteiger partial charge in [-0.1, -0.05) is 30.3 Å². The molecule has 5 N–H and O–H groups in total. The van der Waals surface area contributed by atoms with Crippen LogP contribution in [0.5, 0.6) is 5.75 Å². The normalized spacial score (nSPS) is 10.3. The summed E-state index contributed by atoms with van der Waals surface area (Å²) in [6.45, 7) is 0. The Labute approximate surface area is 215 Å². The molecular weight excluding hydrogens is 583 g/mol. The number of halogens is 5. The summed E-state index contributed by atoms with van der Waals surface area (Å²) < 4.78 is 73.1. The molecule has 1 heterocycles. The van der Waals surface area contributed by atoms with Gasteiger partial charge in [0, 0.05) is 54.8 Å². The molecule has 169 valence electrons. The minimum Gasteiger partial charge on any atom is -0.506 e. The van der Waals surface area contributed by atoms with E-state index in [-0.39, 0.29) is 71.3 Å².